The predicted molar refractivity (Wildman–Crippen MR) is 70.1 cm³/mol. The van der Waals surface area contributed by atoms with Crippen molar-refractivity contribution in [3.63, 3.8) is 0 Å². The van der Waals surface area contributed by atoms with Crippen LogP contribution in [-0.4, -0.2) is 20.7 Å². The van der Waals surface area contributed by atoms with E-state index in [9.17, 15) is 10.1 Å². The Bertz CT molecular complexity index is 574. The maximum atomic E-state index is 11.0. The Balaban J connectivity index is 2.16. The molecule has 0 saturated heterocycles. The number of hydrogen-bond donors (Lipinski definition) is 1. The zero-order valence-corrected chi connectivity index (χ0v) is 11.1. The molecule has 1 atom stereocenters. The van der Waals surface area contributed by atoms with E-state index in [4.69, 9.17) is 4.42 Å². The average molecular weight is 264 g/mol. The van der Waals surface area contributed by atoms with Gasteiger partial charge in [0.2, 0.25) is 5.82 Å². The molecule has 0 aliphatic carbocycles. The van der Waals surface area contributed by atoms with E-state index in [0.717, 1.165) is 5.76 Å². The minimum Gasteiger partial charge on any atom is -0.469 e. The van der Waals surface area contributed by atoms with Gasteiger partial charge in [-0.25, -0.2) is 4.68 Å². The quantitative estimate of drug-likeness (QED) is 0.661. The molecule has 19 heavy (non-hydrogen) atoms. The summed E-state index contributed by atoms with van der Waals surface area (Å²) in [5.41, 5.74) is 0.425. The number of nitro groups is 1. The van der Waals surface area contributed by atoms with Gasteiger partial charge in [-0.15, -0.1) is 0 Å². The summed E-state index contributed by atoms with van der Waals surface area (Å²) in [4.78, 5) is 10.6. The van der Waals surface area contributed by atoms with Gasteiger partial charge in [-0.2, -0.15) is 5.10 Å². The maximum Gasteiger partial charge on any atom is 0.333 e. The first-order chi connectivity index (χ1) is 8.99. The van der Waals surface area contributed by atoms with Crippen LogP contribution in [0, 0.1) is 17.0 Å². The maximum absolute atomic E-state index is 11.0. The number of furan rings is 1. The molecule has 2 aromatic rings. The lowest BCUT2D eigenvalue weighted by atomic mass is 10.2. The predicted octanol–water partition coefficient (Wildman–Crippen LogP) is 2.27. The van der Waals surface area contributed by atoms with Crippen molar-refractivity contribution < 1.29 is 9.34 Å². The largest absolute Gasteiger partial charge is 0.469 e. The molecular weight excluding hydrogens is 248 g/mol. The standard InChI is InChI=1S/C12H16N4O3/c1-8(7-10-5-4-6-19-10)13-12-11(16(17)18)9(2)14-15(12)3/h4-6,8,13H,7H2,1-3H3. The topological polar surface area (TPSA) is 86.1 Å². The van der Waals surface area contributed by atoms with Crippen molar-refractivity contribution in [3.8, 4) is 0 Å². The van der Waals surface area contributed by atoms with Crippen LogP contribution in [0.3, 0.4) is 0 Å². The van der Waals surface area contributed by atoms with Crippen molar-refractivity contribution in [2.24, 2.45) is 7.05 Å². The molecule has 0 amide bonds. The molecule has 0 spiro atoms. The molecule has 0 aliphatic rings. The Morgan fingerprint density at radius 2 is 2.37 bits per heavy atom. The highest BCUT2D eigenvalue weighted by atomic mass is 16.6. The van der Waals surface area contributed by atoms with Gasteiger partial charge in [0.1, 0.15) is 11.5 Å². The van der Waals surface area contributed by atoms with E-state index in [2.05, 4.69) is 10.4 Å². The van der Waals surface area contributed by atoms with Gasteiger partial charge in [0.05, 0.1) is 11.2 Å². The van der Waals surface area contributed by atoms with Gasteiger partial charge in [0.15, 0.2) is 0 Å². The first kappa shape index (κ1) is 13.1. The summed E-state index contributed by atoms with van der Waals surface area (Å²) in [5.74, 6) is 1.25. The number of anilines is 1. The minimum absolute atomic E-state index is 0.000324. The van der Waals surface area contributed by atoms with E-state index in [1.54, 1.807) is 20.2 Å². The van der Waals surface area contributed by atoms with Gasteiger partial charge in [-0.3, -0.25) is 10.1 Å². The van der Waals surface area contributed by atoms with Crippen molar-refractivity contribution in [3.05, 3.63) is 40.0 Å². The monoisotopic (exact) mass is 264 g/mol. The number of aromatic nitrogens is 2. The summed E-state index contributed by atoms with van der Waals surface area (Å²) in [6, 6.07) is 3.69. The summed E-state index contributed by atoms with van der Waals surface area (Å²) >= 11 is 0. The van der Waals surface area contributed by atoms with Crippen LogP contribution in [-0.2, 0) is 13.5 Å². The number of hydrogen-bond acceptors (Lipinski definition) is 5. The molecule has 0 bridgehead atoms. The SMILES string of the molecule is Cc1nn(C)c(NC(C)Cc2ccco2)c1[N+](=O)[O-]. The lowest BCUT2D eigenvalue weighted by Crippen LogP contribution is -2.20. The fraction of sp³-hybridized carbons (Fsp3) is 0.417. The summed E-state index contributed by atoms with van der Waals surface area (Å²) in [7, 11) is 1.68. The van der Waals surface area contributed by atoms with Crippen LogP contribution in [0.2, 0.25) is 0 Å². The zero-order chi connectivity index (χ0) is 14.0. The van der Waals surface area contributed by atoms with Crippen molar-refractivity contribution in [1.82, 2.24) is 9.78 Å². The molecule has 2 aromatic heterocycles. The van der Waals surface area contributed by atoms with Crippen molar-refractivity contribution in [2.75, 3.05) is 5.32 Å². The third-order valence-corrected chi connectivity index (χ3v) is 2.84. The normalized spacial score (nSPS) is 12.4. The minimum atomic E-state index is -0.412. The van der Waals surface area contributed by atoms with Crippen molar-refractivity contribution >= 4 is 11.5 Å². The van der Waals surface area contributed by atoms with Crippen LogP contribution in [0.15, 0.2) is 22.8 Å². The summed E-state index contributed by atoms with van der Waals surface area (Å²) in [6.45, 7) is 3.56. The van der Waals surface area contributed by atoms with Crippen LogP contribution in [0.1, 0.15) is 18.4 Å². The lowest BCUT2D eigenvalue weighted by molar-refractivity contribution is -0.384. The highest BCUT2D eigenvalue weighted by Gasteiger charge is 2.25. The van der Waals surface area contributed by atoms with Crippen LogP contribution in [0.5, 0.6) is 0 Å². The third kappa shape index (κ3) is 2.75. The van der Waals surface area contributed by atoms with Gasteiger partial charge < -0.3 is 9.73 Å². The van der Waals surface area contributed by atoms with Crippen LogP contribution >= 0.6 is 0 Å². The van der Waals surface area contributed by atoms with E-state index >= 15 is 0 Å². The average Bonchev–Trinajstić information content (AvgIpc) is 2.88. The molecule has 0 fully saturated rings. The van der Waals surface area contributed by atoms with Crippen molar-refractivity contribution in [2.45, 2.75) is 26.3 Å². The fourth-order valence-electron chi connectivity index (χ4n) is 2.04. The molecule has 7 heteroatoms. The second-order valence-electron chi connectivity index (χ2n) is 4.49. The summed E-state index contributed by atoms with van der Waals surface area (Å²) in [5, 5.41) is 18.2. The van der Waals surface area contributed by atoms with Gasteiger partial charge >= 0.3 is 5.69 Å². The van der Waals surface area contributed by atoms with Gasteiger partial charge in [-0.05, 0) is 26.0 Å². The first-order valence-electron chi connectivity index (χ1n) is 5.96. The first-order valence-corrected chi connectivity index (χ1v) is 5.96. The van der Waals surface area contributed by atoms with E-state index in [1.165, 1.54) is 4.68 Å². The second kappa shape index (κ2) is 5.13. The molecule has 102 valence electrons. The number of aryl methyl sites for hydroxylation is 2. The van der Waals surface area contributed by atoms with Gasteiger partial charge in [-0.1, -0.05) is 0 Å². The van der Waals surface area contributed by atoms with E-state index in [0.29, 0.717) is 17.9 Å². The molecule has 2 rings (SSSR count). The molecule has 7 nitrogen and oxygen atoms in total. The summed E-state index contributed by atoms with van der Waals surface area (Å²) < 4.78 is 6.75. The third-order valence-electron chi connectivity index (χ3n) is 2.84. The molecule has 0 radical (unpaired) electrons. The molecule has 1 unspecified atom stereocenters. The Hall–Kier alpha value is -2.31. The van der Waals surface area contributed by atoms with Crippen LogP contribution in [0.25, 0.3) is 0 Å². The zero-order valence-electron chi connectivity index (χ0n) is 11.1. The Kier molecular flexibility index (Phi) is 3.55. The summed E-state index contributed by atoms with van der Waals surface area (Å²) in [6.07, 6.45) is 2.26. The number of nitrogens with zero attached hydrogens (tertiary/aromatic N) is 3. The molecule has 0 saturated carbocycles. The van der Waals surface area contributed by atoms with Gasteiger partial charge in [0.25, 0.3) is 0 Å². The highest BCUT2D eigenvalue weighted by molar-refractivity contribution is 5.59. The highest BCUT2D eigenvalue weighted by Crippen LogP contribution is 2.28. The van der Waals surface area contributed by atoms with E-state index < -0.39 is 4.92 Å². The second-order valence-corrected chi connectivity index (χ2v) is 4.49. The van der Waals surface area contributed by atoms with E-state index in [-0.39, 0.29) is 11.7 Å². The molecule has 0 aliphatic heterocycles. The Labute approximate surface area is 110 Å². The lowest BCUT2D eigenvalue weighted by Gasteiger charge is -2.13. The molecule has 2 heterocycles. The molecule has 0 aromatic carbocycles. The molecular formula is C12H16N4O3. The van der Waals surface area contributed by atoms with E-state index in [1.807, 2.05) is 19.1 Å². The molecule has 1 N–H and O–H groups in total. The number of nitrogens with one attached hydrogen (secondary N) is 1. The van der Waals surface area contributed by atoms with Crippen molar-refractivity contribution in [1.29, 1.82) is 0 Å². The van der Waals surface area contributed by atoms with Crippen LogP contribution in [0.4, 0.5) is 11.5 Å². The van der Waals surface area contributed by atoms with Gasteiger partial charge in [0, 0.05) is 19.5 Å². The number of rotatable bonds is 5. The smallest absolute Gasteiger partial charge is 0.333 e. The Morgan fingerprint density at radius 1 is 1.63 bits per heavy atom. The fourth-order valence-corrected chi connectivity index (χ4v) is 2.04. The Morgan fingerprint density at radius 3 is 2.95 bits per heavy atom. The van der Waals surface area contributed by atoms with Crippen LogP contribution < -0.4 is 5.32 Å².